The second-order valence-electron chi connectivity index (χ2n) is 10.0. The molecule has 37 heavy (non-hydrogen) atoms. The number of carbonyl (C=O) groups excluding carboxylic acids is 2. The average molecular weight is 519 g/mol. The summed E-state index contributed by atoms with van der Waals surface area (Å²) in [7, 11) is 1.93. The van der Waals surface area contributed by atoms with Crippen LogP contribution in [0.2, 0.25) is 0 Å². The van der Waals surface area contributed by atoms with Crippen LogP contribution in [0.25, 0.3) is 11.8 Å². The third kappa shape index (κ3) is 3.48. The summed E-state index contributed by atoms with van der Waals surface area (Å²) in [5.41, 5.74) is -0.183. The van der Waals surface area contributed by atoms with Crippen molar-refractivity contribution in [2.24, 2.45) is 22.7 Å². The molecular weight excluding hydrogens is 492 g/mol. The molecule has 3 aliphatic rings. The summed E-state index contributed by atoms with van der Waals surface area (Å²) in [6, 6.07) is 5.89. The zero-order chi connectivity index (χ0) is 26.8. The number of aromatic nitrogens is 2. The number of alkyl halides is 3. The van der Waals surface area contributed by atoms with Crippen LogP contribution in [-0.2, 0) is 25.5 Å². The Morgan fingerprint density at radius 1 is 1.14 bits per heavy atom. The topological polar surface area (TPSA) is 70.4 Å². The number of hydrogen-bond donors (Lipinski definition) is 0. The molecule has 0 bridgehead atoms. The van der Waals surface area contributed by atoms with E-state index in [9.17, 15) is 27.2 Å². The molecule has 0 aliphatic heterocycles. The van der Waals surface area contributed by atoms with Gasteiger partial charge in [0.25, 0.3) is 0 Å². The van der Waals surface area contributed by atoms with E-state index in [0.717, 1.165) is 31.1 Å². The van der Waals surface area contributed by atoms with E-state index < -0.39 is 40.8 Å². The lowest BCUT2D eigenvalue weighted by Gasteiger charge is -2.54. The highest BCUT2D eigenvalue weighted by molar-refractivity contribution is 5.88. The molecule has 1 heterocycles. The summed E-state index contributed by atoms with van der Waals surface area (Å²) < 4.78 is 69.5. The van der Waals surface area contributed by atoms with E-state index in [1.54, 1.807) is 29.1 Å². The number of ether oxygens (including phenoxy) is 2. The minimum atomic E-state index is -5.05. The Hall–Kier alpha value is -3.43. The van der Waals surface area contributed by atoms with Crippen molar-refractivity contribution in [1.29, 1.82) is 0 Å². The number of benzene rings is 1. The monoisotopic (exact) mass is 518 g/mol. The summed E-state index contributed by atoms with van der Waals surface area (Å²) in [6.07, 6.45) is 0.610. The van der Waals surface area contributed by atoms with E-state index in [-0.39, 0.29) is 25.1 Å². The van der Waals surface area contributed by atoms with Gasteiger partial charge >= 0.3 is 18.1 Å². The van der Waals surface area contributed by atoms with Gasteiger partial charge < -0.3 is 9.47 Å². The molecule has 0 N–H and O–H groups in total. The maximum atomic E-state index is 15.0. The van der Waals surface area contributed by atoms with Gasteiger partial charge in [-0.2, -0.15) is 18.3 Å². The molecule has 0 saturated heterocycles. The van der Waals surface area contributed by atoms with Gasteiger partial charge in [0.05, 0.1) is 37.7 Å². The van der Waals surface area contributed by atoms with Crippen LogP contribution in [0.5, 0.6) is 0 Å². The first-order valence-electron chi connectivity index (χ1n) is 12.0. The molecule has 1 aromatic carbocycles. The summed E-state index contributed by atoms with van der Waals surface area (Å²) >= 11 is 0. The standard InChI is InChI=1S/C27H26F4N2O4/c1-25-13-15-14-32-33(18-7-5-17(28)6-8-18)22(15)12-16(25)4-9-20-19(25)10-11-21(23(34)36-2)26(20,24(35)37-3)27(29,30)31/h5-8,10,12,14,20-21H,4,9,11,13H2,1-3H3/t20?,21?,25-,26?/m0/s1. The number of hydrogen-bond acceptors (Lipinski definition) is 5. The fourth-order valence-electron chi connectivity index (χ4n) is 6.67. The highest BCUT2D eigenvalue weighted by Gasteiger charge is 2.74. The van der Waals surface area contributed by atoms with Gasteiger partial charge in [0.2, 0.25) is 0 Å². The Bertz CT molecular complexity index is 1330. The van der Waals surface area contributed by atoms with Gasteiger partial charge in [0.15, 0.2) is 5.41 Å². The van der Waals surface area contributed by atoms with Crippen molar-refractivity contribution in [3.05, 3.63) is 64.8 Å². The highest BCUT2D eigenvalue weighted by Crippen LogP contribution is 2.65. The van der Waals surface area contributed by atoms with Crippen LogP contribution in [0.4, 0.5) is 17.6 Å². The molecule has 6 nitrogen and oxygen atoms in total. The Labute approximate surface area is 210 Å². The lowest BCUT2D eigenvalue weighted by Crippen LogP contribution is -2.62. The van der Waals surface area contributed by atoms with Crippen molar-refractivity contribution < 1.29 is 36.6 Å². The molecule has 0 spiro atoms. The smallest absolute Gasteiger partial charge is 0.406 e. The molecule has 1 saturated carbocycles. The second kappa shape index (κ2) is 8.56. The van der Waals surface area contributed by atoms with Gasteiger partial charge in [-0.15, -0.1) is 0 Å². The number of allylic oxidation sites excluding steroid dienone is 3. The van der Waals surface area contributed by atoms with Crippen molar-refractivity contribution in [1.82, 2.24) is 9.78 Å². The Balaban J connectivity index is 1.63. The minimum absolute atomic E-state index is 0.00931. The average Bonchev–Trinajstić information content (AvgIpc) is 3.27. The second-order valence-corrected chi connectivity index (χ2v) is 10.0. The lowest BCUT2D eigenvalue weighted by atomic mass is 9.48. The number of carbonyl (C=O) groups is 2. The quantitative estimate of drug-likeness (QED) is 0.317. The van der Waals surface area contributed by atoms with Crippen molar-refractivity contribution in [2.75, 3.05) is 14.2 Å². The van der Waals surface area contributed by atoms with Gasteiger partial charge in [-0.3, -0.25) is 9.59 Å². The molecule has 0 radical (unpaired) electrons. The fourth-order valence-corrected chi connectivity index (χ4v) is 6.67. The maximum Gasteiger partial charge on any atom is 0.406 e. The molecule has 5 rings (SSSR count). The van der Waals surface area contributed by atoms with E-state index in [1.807, 2.05) is 13.0 Å². The Morgan fingerprint density at radius 2 is 1.84 bits per heavy atom. The number of halogens is 4. The third-order valence-electron chi connectivity index (χ3n) is 8.39. The maximum absolute atomic E-state index is 15.0. The number of esters is 2. The van der Waals surface area contributed by atoms with Crippen LogP contribution in [0.3, 0.4) is 0 Å². The first-order chi connectivity index (χ1) is 17.5. The molecule has 4 atom stereocenters. The predicted molar refractivity (Wildman–Crippen MR) is 125 cm³/mol. The summed E-state index contributed by atoms with van der Waals surface area (Å²) in [4.78, 5) is 25.6. The lowest BCUT2D eigenvalue weighted by molar-refractivity contribution is -0.266. The molecule has 3 unspecified atom stereocenters. The predicted octanol–water partition coefficient (Wildman–Crippen LogP) is 5.21. The van der Waals surface area contributed by atoms with Crippen LogP contribution in [0.1, 0.15) is 37.4 Å². The number of rotatable bonds is 3. The normalized spacial score (nSPS) is 28.7. The first kappa shape index (κ1) is 25.2. The van der Waals surface area contributed by atoms with E-state index >= 15 is 0 Å². The number of fused-ring (bicyclic) bond motifs is 4. The van der Waals surface area contributed by atoms with Crippen LogP contribution >= 0.6 is 0 Å². The molecule has 0 amide bonds. The molecular formula is C27H26F4N2O4. The highest BCUT2D eigenvalue weighted by atomic mass is 19.4. The van der Waals surface area contributed by atoms with Crippen molar-refractivity contribution in [3.63, 3.8) is 0 Å². The fraction of sp³-hybridized carbons (Fsp3) is 0.444. The van der Waals surface area contributed by atoms with Crippen LogP contribution in [0, 0.1) is 28.5 Å². The molecule has 196 valence electrons. The van der Waals surface area contributed by atoms with Crippen LogP contribution in [-0.4, -0.2) is 42.1 Å². The van der Waals surface area contributed by atoms with E-state index in [2.05, 4.69) is 5.10 Å². The summed E-state index contributed by atoms with van der Waals surface area (Å²) in [5.74, 6) is -5.96. The van der Waals surface area contributed by atoms with Crippen LogP contribution in [0.15, 0.2) is 47.7 Å². The Kier molecular flexibility index (Phi) is 5.84. The molecule has 1 aromatic heterocycles. The van der Waals surface area contributed by atoms with E-state index in [0.29, 0.717) is 17.7 Å². The summed E-state index contributed by atoms with van der Waals surface area (Å²) in [5, 5.41) is 4.46. The van der Waals surface area contributed by atoms with Crippen molar-refractivity contribution in [2.45, 2.75) is 38.8 Å². The molecule has 3 aliphatic carbocycles. The van der Waals surface area contributed by atoms with Crippen molar-refractivity contribution >= 4 is 18.0 Å². The SMILES string of the molecule is COC(=O)C1CC=C2C(CCC3=Cc4c(cnn4-c4ccc(F)cc4)C[C@@]32C)C1(C(=O)OC)C(F)(F)F. The molecule has 1 fully saturated rings. The van der Waals surface area contributed by atoms with Crippen molar-refractivity contribution in [3.8, 4) is 5.69 Å². The van der Waals surface area contributed by atoms with E-state index in [4.69, 9.17) is 9.47 Å². The molecule has 10 heteroatoms. The first-order valence-corrected chi connectivity index (χ1v) is 12.0. The van der Waals surface area contributed by atoms with E-state index in [1.165, 1.54) is 12.1 Å². The third-order valence-corrected chi connectivity index (χ3v) is 8.39. The van der Waals surface area contributed by atoms with Gasteiger partial charge in [-0.25, -0.2) is 9.07 Å². The van der Waals surface area contributed by atoms with Gasteiger partial charge in [-0.1, -0.05) is 24.1 Å². The van der Waals surface area contributed by atoms with Gasteiger partial charge in [0.1, 0.15) is 5.82 Å². The molecule has 2 aromatic rings. The zero-order valence-corrected chi connectivity index (χ0v) is 20.6. The van der Waals surface area contributed by atoms with Crippen LogP contribution < -0.4 is 0 Å². The zero-order valence-electron chi connectivity index (χ0n) is 20.6. The van der Waals surface area contributed by atoms with Gasteiger partial charge in [0, 0.05) is 11.3 Å². The Morgan fingerprint density at radius 3 is 2.46 bits per heavy atom. The largest absolute Gasteiger partial charge is 0.469 e. The number of methoxy groups -OCH3 is 2. The summed E-state index contributed by atoms with van der Waals surface area (Å²) in [6.45, 7) is 1.88. The minimum Gasteiger partial charge on any atom is -0.469 e. The van der Waals surface area contributed by atoms with Gasteiger partial charge in [-0.05, 0) is 61.6 Å². The number of nitrogens with zero attached hydrogens (tertiary/aromatic N) is 2.